The zero-order valence-electron chi connectivity index (χ0n) is 13.6. The smallest absolute Gasteiger partial charge is 0.0402 e. The predicted octanol–water partition coefficient (Wildman–Crippen LogP) is 4.70. The lowest BCUT2D eigenvalue weighted by Gasteiger charge is -2.16. The van der Waals surface area contributed by atoms with Crippen LogP contribution in [0, 0.1) is 20.8 Å². The number of anilines is 2. The number of hydrogen-bond acceptors (Lipinski definition) is 2. The lowest BCUT2D eigenvalue weighted by atomic mass is 10.1. The fourth-order valence-corrected chi connectivity index (χ4v) is 2.74. The van der Waals surface area contributed by atoms with Crippen LogP contribution in [0.5, 0.6) is 0 Å². The van der Waals surface area contributed by atoms with Crippen molar-refractivity contribution in [2.75, 3.05) is 23.7 Å². The maximum atomic E-state index is 3.58. The molecule has 0 spiro atoms. The first-order valence-corrected chi connectivity index (χ1v) is 7.76. The van der Waals surface area contributed by atoms with Crippen LogP contribution in [-0.4, -0.2) is 13.1 Å². The van der Waals surface area contributed by atoms with Gasteiger partial charge in [0, 0.05) is 24.5 Å². The van der Waals surface area contributed by atoms with E-state index in [1.807, 2.05) is 0 Å². The van der Waals surface area contributed by atoms with Gasteiger partial charge in [0.05, 0.1) is 0 Å². The average Bonchev–Trinajstić information content (AvgIpc) is 2.47. The third-order valence-electron chi connectivity index (χ3n) is 3.95. The van der Waals surface area contributed by atoms with Crippen LogP contribution in [0.2, 0.25) is 0 Å². The zero-order chi connectivity index (χ0) is 15.2. The largest absolute Gasteiger partial charge is 0.383 e. The Balaban J connectivity index is 1.94. The van der Waals surface area contributed by atoms with Gasteiger partial charge < -0.3 is 10.6 Å². The van der Waals surface area contributed by atoms with Gasteiger partial charge >= 0.3 is 0 Å². The summed E-state index contributed by atoms with van der Waals surface area (Å²) in [4.78, 5) is 0. The van der Waals surface area contributed by atoms with Crippen molar-refractivity contribution in [2.24, 2.45) is 0 Å². The summed E-state index contributed by atoms with van der Waals surface area (Å²) in [6.45, 7) is 10.5. The molecule has 0 heterocycles. The summed E-state index contributed by atoms with van der Waals surface area (Å²) in [6, 6.07) is 12.9. The second-order valence-corrected chi connectivity index (χ2v) is 5.58. The molecule has 0 saturated heterocycles. The Labute approximate surface area is 128 Å². The third-order valence-corrected chi connectivity index (χ3v) is 3.95. The molecule has 0 unspecified atom stereocenters. The fourth-order valence-electron chi connectivity index (χ4n) is 2.74. The standard InChI is InChI=1S/C19H26N2/c1-5-17-11-7-10-16(4)19(17)21-13-12-20-18-14(2)8-6-9-15(18)3/h6-11,20-21H,5,12-13H2,1-4H3. The molecule has 2 aromatic rings. The van der Waals surface area contributed by atoms with E-state index in [1.54, 1.807) is 0 Å². The zero-order valence-corrected chi connectivity index (χ0v) is 13.6. The van der Waals surface area contributed by atoms with E-state index in [2.05, 4.69) is 74.7 Å². The van der Waals surface area contributed by atoms with Gasteiger partial charge in [0.25, 0.3) is 0 Å². The first-order valence-electron chi connectivity index (χ1n) is 7.76. The highest BCUT2D eigenvalue weighted by atomic mass is 15.0. The Morgan fingerprint density at radius 3 is 1.76 bits per heavy atom. The third kappa shape index (κ3) is 3.78. The van der Waals surface area contributed by atoms with Crippen LogP contribution < -0.4 is 10.6 Å². The normalized spacial score (nSPS) is 10.5. The molecule has 0 amide bonds. The lowest BCUT2D eigenvalue weighted by molar-refractivity contribution is 1.04. The molecule has 2 heteroatoms. The second-order valence-electron chi connectivity index (χ2n) is 5.58. The highest BCUT2D eigenvalue weighted by Crippen LogP contribution is 2.21. The van der Waals surface area contributed by atoms with E-state index in [4.69, 9.17) is 0 Å². The summed E-state index contributed by atoms with van der Waals surface area (Å²) in [5, 5.41) is 7.13. The van der Waals surface area contributed by atoms with Crippen molar-refractivity contribution < 1.29 is 0 Å². The molecule has 0 atom stereocenters. The molecule has 2 aromatic carbocycles. The summed E-state index contributed by atoms with van der Waals surface area (Å²) in [6.07, 6.45) is 1.06. The first-order chi connectivity index (χ1) is 10.1. The van der Waals surface area contributed by atoms with Crippen LogP contribution in [-0.2, 0) is 6.42 Å². The monoisotopic (exact) mass is 282 g/mol. The van der Waals surface area contributed by atoms with Gasteiger partial charge in [-0.1, -0.05) is 43.3 Å². The molecule has 2 rings (SSSR count). The van der Waals surface area contributed by atoms with Gasteiger partial charge in [-0.25, -0.2) is 0 Å². The quantitative estimate of drug-likeness (QED) is 0.751. The molecule has 0 fully saturated rings. The molecular weight excluding hydrogens is 256 g/mol. The minimum Gasteiger partial charge on any atom is -0.383 e. The van der Waals surface area contributed by atoms with E-state index in [0.29, 0.717) is 0 Å². The van der Waals surface area contributed by atoms with Crippen LogP contribution in [0.1, 0.15) is 29.2 Å². The van der Waals surface area contributed by atoms with E-state index in [-0.39, 0.29) is 0 Å². The Kier molecular flexibility index (Phi) is 5.26. The van der Waals surface area contributed by atoms with Crippen LogP contribution in [0.4, 0.5) is 11.4 Å². The SMILES string of the molecule is CCc1cccc(C)c1NCCNc1c(C)cccc1C. The van der Waals surface area contributed by atoms with E-state index in [0.717, 1.165) is 19.5 Å². The fraction of sp³-hybridized carbons (Fsp3) is 0.368. The van der Waals surface area contributed by atoms with Crippen molar-refractivity contribution in [1.29, 1.82) is 0 Å². The molecule has 0 radical (unpaired) electrons. The minimum absolute atomic E-state index is 0.920. The summed E-state index contributed by atoms with van der Waals surface area (Å²) in [5.41, 5.74) is 7.88. The summed E-state index contributed by atoms with van der Waals surface area (Å²) in [5.74, 6) is 0. The maximum absolute atomic E-state index is 3.58. The van der Waals surface area contributed by atoms with Crippen LogP contribution in [0.25, 0.3) is 0 Å². The number of para-hydroxylation sites is 2. The van der Waals surface area contributed by atoms with Crippen molar-refractivity contribution in [2.45, 2.75) is 34.1 Å². The number of nitrogens with one attached hydrogen (secondary N) is 2. The number of rotatable bonds is 6. The van der Waals surface area contributed by atoms with Crippen molar-refractivity contribution in [3.05, 3.63) is 58.7 Å². The number of aryl methyl sites for hydroxylation is 4. The van der Waals surface area contributed by atoms with E-state index < -0.39 is 0 Å². The Morgan fingerprint density at radius 1 is 0.714 bits per heavy atom. The first kappa shape index (κ1) is 15.4. The molecule has 0 aliphatic heterocycles. The van der Waals surface area contributed by atoms with Gasteiger partial charge in [0.1, 0.15) is 0 Å². The Bertz CT molecular complexity index is 582. The molecule has 0 aliphatic rings. The van der Waals surface area contributed by atoms with Gasteiger partial charge in [0.2, 0.25) is 0 Å². The van der Waals surface area contributed by atoms with E-state index in [9.17, 15) is 0 Å². The van der Waals surface area contributed by atoms with Crippen LogP contribution in [0.3, 0.4) is 0 Å². The van der Waals surface area contributed by atoms with Gasteiger partial charge in [-0.05, 0) is 49.4 Å². The molecular formula is C19H26N2. The average molecular weight is 282 g/mol. The molecule has 2 nitrogen and oxygen atoms in total. The van der Waals surface area contributed by atoms with Crippen molar-refractivity contribution in [3.63, 3.8) is 0 Å². The molecule has 2 N–H and O–H groups in total. The molecule has 0 saturated carbocycles. The van der Waals surface area contributed by atoms with Gasteiger partial charge in [0.15, 0.2) is 0 Å². The van der Waals surface area contributed by atoms with Gasteiger partial charge in [-0.15, -0.1) is 0 Å². The predicted molar refractivity (Wildman–Crippen MR) is 93.5 cm³/mol. The molecule has 0 aromatic heterocycles. The second kappa shape index (κ2) is 7.16. The van der Waals surface area contributed by atoms with Crippen molar-refractivity contribution >= 4 is 11.4 Å². The lowest BCUT2D eigenvalue weighted by Crippen LogP contribution is -2.16. The topological polar surface area (TPSA) is 24.1 Å². The number of hydrogen-bond donors (Lipinski definition) is 2. The maximum Gasteiger partial charge on any atom is 0.0402 e. The van der Waals surface area contributed by atoms with Crippen LogP contribution in [0.15, 0.2) is 36.4 Å². The molecule has 0 aliphatic carbocycles. The molecule has 0 bridgehead atoms. The minimum atomic E-state index is 0.920. The van der Waals surface area contributed by atoms with Crippen molar-refractivity contribution in [1.82, 2.24) is 0 Å². The van der Waals surface area contributed by atoms with Gasteiger partial charge in [-0.3, -0.25) is 0 Å². The van der Waals surface area contributed by atoms with Crippen molar-refractivity contribution in [3.8, 4) is 0 Å². The highest BCUT2D eigenvalue weighted by molar-refractivity contribution is 5.58. The summed E-state index contributed by atoms with van der Waals surface area (Å²) in [7, 11) is 0. The summed E-state index contributed by atoms with van der Waals surface area (Å²) < 4.78 is 0. The molecule has 21 heavy (non-hydrogen) atoms. The van der Waals surface area contributed by atoms with E-state index in [1.165, 1.54) is 33.6 Å². The van der Waals surface area contributed by atoms with Gasteiger partial charge in [-0.2, -0.15) is 0 Å². The highest BCUT2D eigenvalue weighted by Gasteiger charge is 2.04. The van der Waals surface area contributed by atoms with Crippen LogP contribution >= 0.6 is 0 Å². The Hall–Kier alpha value is -1.96. The summed E-state index contributed by atoms with van der Waals surface area (Å²) >= 11 is 0. The molecule has 112 valence electrons. The Morgan fingerprint density at radius 2 is 1.19 bits per heavy atom. The van der Waals surface area contributed by atoms with E-state index >= 15 is 0 Å². The number of benzene rings is 2.